The standard InChI is InChI=1S/C65H57N/c1-2-14-46-15-13-21-55(43-46)53-31-29-50(30-32-53)52-35-39-58(40-36-52)66(57-37-33-51(34-38-57)49-27-25-48(26-28-49)47-16-5-3-6-17-47)59-41-42-63(64(45-59)54-18-7-4-8-19-54)65-44-56-20-9-10-22-60(56)61-23-11-12-24-62(61)65/h3-8,10-12,16-19,21-29,31-35,37-45,50,52H,2,9,13-15,20,30,36H2,1H3. The van der Waals surface area contributed by atoms with E-state index in [1.165, 1.54) is 103 Å². The van der Waals surface area contributed by atoms with Crippen LogP contribution in [0.1, 0.15) is 63.0 Å². The van der Waals surface area contributed by atoms with E-state index in [-0.39, 0.29) is 0 Å². The highest BCUT2D eigenvalue weighted by molar-refractivity contribution is 6.05. The Morgan fingerprint density at radius 1 is 0.485 bits per heavy atom. The highest BCUT2D eigenvalue weighted by atomic mass is 15.1. The first-order valence-corrected chi connectivity index (χ1v) is 24.3. The van der Waals surface area contributed by atoms with E-state index in [4.69, 9.17) is 0 Å². The van der Waals surface area contributed by atoms with Gasteiger partial charge in [0.15, 0.2) is 0 Å². The molecular formula is C65H57N. The molecule has 4 aliphatic carbocycles. The third-order valence-corrected chi connectivity index (χ3v) is 14.3. The van der Waals surface area contributed by atoms with Gasteiger partial charge in [0.1, 0.15) is 0 Å². The molecule has 1 nitrogen and oxygen atoms in total. The average Bonchev–Trinajstić information content (AvgIpc) is 3.40. The van der Waals surface area contributed by atoms with Crippen LogP contribution in [0.3, 0.4) is 0 Å². The number of nitrogens with zero attached hydrogens (tertiary/aromatic N) is 1. The van der Waals surface area contributed by atoms with Gasteiger partial charge in [-0.3, -0.25) is 0 Å². The third-order valence-electron chi connectivity index (χ3n) is 14.3. The maximum Gasteiger partial charge on any atom is 0.0468 e. The monoisotopic (exact) mass is 851 g/mol. The van der Waals surface area contributed by atoms with Gasteiger partial charge in [0, 0.05) is 17.1 Å². The number of hydrogen-bond donors (Lipinski definition) is 0. The maximum atomic E-state index is 2.49. The molecule has 2 atom stereocenters. The molecule has 66 heavy (non-hydrogen) atoms. The van der Waals surface area contributed by atoms with E-state index >= 15 is 0 Å². The second-order valence-electron chi connectivity index (χ2n) is 18.5. The summed E-state index contributed by atoms with van der Waals surface area (Å²) in [6.07, 6.45) is 33.3. The molecule has 7 aromatic carbocycles. The van der Waals surface area contributed by atoms with Gasteiger partial charge in [-0.05, 0) is 171 Å². The molecule has 2 unspecified atom stereocenters. The second-order valence-corrected chi connectivity index (χ2v) is 18.5. The summed E-state index contributed by atoms with van der Waals surface area (Å²) in [5.74, 6) is 0.935. The zero-order chi connectivity index (χ0) is 44.2. The molecule has 0 heterocycles. The molecule has 7 aromatic rings. The lowest BCUT2D eigenvalue weighted by molar-refractivity contribution is 0.475. The molecule has 0 aliphatic heterocycles. The summed E-state index contributed by atoms with van der Waals surface area (Å²) in [6.45, 7) is 2.29. The summed E-state index contributed by atoms with van der Waals surface area (Å²) in [4.78, 5) is 2.48. The van der Waals surface area contributed by atoms with Gasteiger partial charge in [-0.15, -0.1) is 0 Å². The van der Waals surface area contributed by atoms with E-state index in [0.717, 1.165) is 43.5 Å². The summed E-state index contributed by atoms with van der Waals surface area (Å²) in [7, 11) is 0. The van der Waals surface area contributed by atoms with E-state index in [1.807, 2.05) is 0 Å². The molecule has 4 aliphatic rings. The second kappa shape index (κ2) is 18.7. The average molecular weight is 852 g/mol. The van der Waals surface area contributed by atoms with Crippen molar-refractivity contribution in [2.75, 3.05) is 4.90 Å². The van der Waals surface area contributed by atoms with Crippen LogP contribution in [-0.2, 0) is 6.42 Å². The Kier molecular flexibility index (Phi) is 11.8. The van der Waals surface area contributed by atoms with E-state index in [2.05, 4.69) is 230 Å². The molecular weight excluding hydrogens is 795 g/mol. The lowest BCUT2D eigenvalue weighted by atomic mass is 9.80. The minimum absolute atomic E-state index is 0.451. The molecule has 0 radical (unpaired) electrons. The van der Waals surface area contributed by atoms with Crippen LogP contribution in [0.15, 0.2) is 235 Å². The molecule has 0 spiro atoms. The van der Waals surface area contributed by atoms with Crippen molar-refractivity contribution in [3.63, 3.8) is 0 Å². The van der Waals surface area contributed by atoms with Gasteiger partial charge in [-0.25, -0.2) is 0 Å². The van der Waals surface area contributed by atoms with Gasteiger partial charge >= 0.3 is 0 Å². The number of fused-ring (bicyclic) bond motifs is 3. The molecule has 11 rings (SSSR count). The SMILES string of the molecule is CCCC1=CC(C2=CCC(C3C=CC(N(c4ccc(-c5ccc(-c6ccccc6)cc5)cc4)c4ccc(-c5cc6c(c7ccccc57)C=CCC6)c(-c5ccccc5)c4)=CC3)C=C2)=CCC1. The molecule has 0 aromatic heterocycles. The lowest BCUT2D eigenvalue weighted by Crippen LogP contribution is -2.20. The van der Waals surface area contributed by atoms with Crippen molar-refractivity contribution in [3.05, 3.63) is 246 Å². The molecule has 0 N–H and O–H groups in total. The van der Waals surface area contributed by atoms with Gasteiger partial charge in [0.2, 0.25) is 0 Å². The largest absolute Gasteiger partial charge is 0.311 e. The van der Waals surface area contributed by atoms with Crippen molar-refractivity contribution in [1.29, 1.82) is 0 Å². The number of benzene rings is 7. The Balaban J connectivity index is 0.953. The van der Waals surface area contributed by atoms with Gasteiger partial charge in [0.05, 0.1) is 0 Å². The van der Waals surface area contributed by atoms with Crippen LogP contribution in [0.4, 0.5) is 11.4 Å². The Hall–Kier alpha value is -7.22. The minimum Gasteiger partial charge on any atom is -0.311 e. The van der Waals surface area contributed by atoms with Gasteiger partial charge in [0.25, 0.3) is 0 Å². The molecule has 0 fully saturated rings. The zero-order valence-electron chi connectivity index (χ0n) is 38.0. The van der Waals surface area contributed by atoms with E-state index in [1.54, 1.807) is 5.57 Å². The molecule has 0 saturated heterocycles. The van der Waals surface area contributed by atoms with Crippen LogP contribution in [0.5, 0.6) is 0 Å². The van der Waals surface area contributed by atoms with Crippen LogP contribution < -0.4 is 4.90 Å². The summed E-state index contributed by atoms with van der Waals surface area (Å²) in [5.41, 5.74) is 20.6. The van der Waals surface area contributed by atoms with Crippen molar-refractivity contribution in [1.82, 2.24) is 0 Å². The van der Waals surface area contributed by atoms with Crippen LogP contribution in [0, 0.1) is 11.8 Å². The summed E-state index contributed by atoms with van der Waals surface area (Å²) in [5, 5.41) is 2.63. The number of allylic oxidation sites excluding steroid dienone is 12. The van der Waals surface area contributed by atoms with E-state index in [9.17, 15) is 0 Å². The Morgan fingerprint density at radius 3 is 1.80 bits per heavy atom. The van der Waals surface area contributed by atoms with Crippen molar-refractivity contribution in [2.24, 2.45) is 11.8 Å². The first-order chi connectivity index (χ1) is 32.7. The number of aryl methyl sites for hydroxylation is 1. The lowest BCUT2D eigenvalue weighted by Gasteiger charge is -2.32. The quantitative estimate of drug-likeness (QED) is 0.125. The molecule has 1 heteroatoms. The van der Waals surface area contributed by atoms with Crippen molar-refractivity contribution in [3.8, 4) is 44.5 Å². The van der Waals surface area contributed by atoms with Crippen molar-refractivity contribution >= 4 is 28.2 Å². The van der Waals surface area contributed by atoms with Crippen LogP contribution >= 0.6 is 0 Å². The van der Waals surface area contributed by atoms with Crippen LogP contribution in [0.25, 0.3) is 61.4 Å². The zero-order valence-corrected chi connectivity index (χ0v) is 38.0. The molecule has 0 saturated carbocycles. The fraction of sp³-hybridized carbons (Fsp3) is 0.169. The predicted molar refractivity (Wildman–Crippen MR) is 283 cm³/mol. The van der Waals surface area contributed by atoms with Crippen molar-refractivity contribution < 1.29 is 0 Å². The van der Waals surface area contributed by atoms with E-state index in [0.29, 0.717) is 11.8 Å². The normalized spacial score (nSPS) is 17.7. The minimum atomic E-state index is 0.451. The molecule has 0 bridgehead atoms. The van der Waals surface area contributed by atoms with Gasteiger partial charge < -0.3 is 4.90 Å². The van der Waals surface area contributed by atoms with Gasteiger partial charge in [-0.2, -0.15) is 0 Å². The number of rotatable bonds is 11. The number of anilines is 2. The first kappa shape index (κ1) is 41.5. The van der Waals surface area contributed by atoms with Gasteiger partial charge in [-0.1, -0.05) is 201 Å². The molecule has 0 amide bonds. The van der Waals surface area contributed by atoms with Crippen LogP contribution in [-0.4, -0.2) is 0 Å². The molecule has 322 valence electrons. The number of hydrogen-bond acceptors (Lipinski definition) is 1. The predicted octanol–water partition coefficient (Wildman–Crippen LogP) is 18.0. The highest BCUT2D eigenvalue weighted by Crippen LogP contribution is 2.45. The maximum absolute atomic E-state index is 2.49. The topological polar surface area (TPSA) is 3.24 Å². The highest BCUT2D eigenvalue weighted by Gasteiger charge is 2.25. The summed E-state index contributed by atoms with van der Waals surface area (Å²) >= 11 is 0. The Labute approximate surface area is 391 Å². The first-order valence-electron chi connectivity index (χ1n) is 24.3. The Bertz CT molecular complexity index is 3110. The fourth-order valence-electron chi connectivity index (χ4n) is 10.8. The summed E-state index contributed by atoms with van der Waals surface area (Å²) in [6, 6.07) is 58.4. The van der Waals surface area contributed by atoms with Crippen molar-refractivity contribution in [2.45, 2.75) is 58.3 Å². The third kappa shape index (κ3) is 8.43. The van der Waals surface area contributed by atoms with Crippen LogP contribution in [0.2, 0.25) is 0 Å². The summed E-state index contributed by atoms with van der Waals surface area (Å²) < 4.78 is 0. The smallest absolute Gasteiger partial charge is 0.0468 e. The Morgan fingerprint density at radius 2 is 1.12 bits per heavy atom. The fourth-order valence-corrected chi connectivity index (χ4v) is 10.8. The van der Waals surface area contributed by atoms with E-state index < -0.39 is 0 Å².